The molecule has 0 aliphatic heterocycles. The van der Waals surface area contributed by atoms with Crippen molar-refractivity contribution in [2.24, 2.45) is 0 Å². The van der Waals surface area contributed by atoms with Crippen molar-refractivity contribution in [1.29, 1.82) is 0 Å². The number of nitrogens with one attached hydrogen (secondary N) is 1. The molecule has 0 spiro atoms. The van der Waals surface area contributed by atoms with Crippen LogP contribution in [0.1, 0.15) is 5.56 Å². The number of fused-ring (bicyclic) bond motifs is 1. The highest BCUT2D eigenvalue weighted by Gasteiger charge is 2.31. The number of aromatic nitrogens is 3. The van der Waals surface area contributed by atoms with Gasteiger partial charge in [-0.2, -0.15) is 13.2 Å². The van der Waals surface area contributed by atoms with Crippen LogP contribution < -0.4 is 15.0 Å². The third-order valence-electron chi connectivity index (χ3n) is 5.95. The zero-order chi connectivity index (χ0) is 28.7. The molecule has 8 nitrogen and oxygen atoms in total. The Morgan fingerprint density at radius 2 is 1.65 bits per heavy atom. The minimum absolute atomic E-state index is 0.0350. The number of halogens is 4. The van der Waals surface area contributed by atoms with Crippen LogP contribution in [-0.4, -0.2) is 30.1 Å². The van der Waals surface area contributed by atoms with Gasteiger partial charge in [0.05, 0.1) is 28.8 Å². The molecule has 5 aromatic rings. The Kier molecular flexibility index (Phi) is 6.75. The van der Waals surface area contributed by atoms with Crippen molar-refractivity contribution in [3.63, 3.8) is 0 Å². The van der Waals surface area contributed by atoms with Gasteiger partial charge in [-0.1, -0.05) is 6.07 Å². The molecule has 0 amide bonds. The Balaban J connectivity index is 1.59. The number of sulfonamides is 1. The molecule has 2 aromatic heterocycles. The van der Waals surface area contributed by atoms with Gasteiger partial charge in [0.25, 0.3) is 15.6 Å². The van der Waals surface area contributed by atoms with E-state index in [4.69, 9.17) is 4.74 Å². The highest BCUT2D eigenvalue weighted by molar-refractivity contribution is 7.92. The van der Waals surface area contributed by atoms with Crippen molar-refractivity contribution in [3.8, 4) is 22.6 Å². The Hall–Kier alpha value is -4.78. The molecule has 0 aliphatic carbocycles. The molecule has 0 unspecified atom stereocenters. The van der Waals surface area contributed by atoms with Gasteiger partial charge in [0, 0.05) is 23.8 Å². The maximum Gasteiger partial charge on any atom is 0.416 e. The summed E-state index contributed by atoms with van der Waals surface area (Å²) in [7, 11) is -2.74. The van der Waals surface area contributed by atoms with E-state index in [1.807, 2.05) is 0 Å². The number of hydrogen-bond acceptors (Lipinski definition) is 6. The van der Waals surface area contributed by atoms with Crippen molar-refractivity contribution in [1.82, 2.24) is 14.5 Å². The van der Waals surface area contributed by atoms with Gasteiger partial charge >= 0.3 is 6.18 Å². The number of hydrogen-bond donors (Lipinski definition) is 1. The standard InChI is InChI=1S/C27H18F4N4O4S/c1-39-24-14-16(18-11-19(27(29,30)31)15-20(28)12-18)3-6-23(24)35-22-7-5-21(13-17(22)4-8-25(35)36)40(37,38)34-26-32-9-2-10-33-26/h2-15H,1H3,(H,32,33,34). The van der Waals surface area contributed by atoms with Crippen LogP contribution >= 0.6 is 0 Å². The highest BCUT2D eigenvalue weighted by Crippen LogP contribution is 2.36. The van der Waals surface area contributed by atoms with Crippen molar-refractivity contribution in [2.75, 3.05) is 11.8 Å². The van der Waals surface area contributed by atoms with Crippen molar-refractivity contribution < 1.29 is 30.7 Å². The van der Waals surface area contributed by atoms with Gasteiger partial charge in [0.15, 0.2) is 0 Å². The minimum Gasteiger partial charge on any atom is -0.495 e. The predicted octanol–water partition coefficient (Wildman–Crippen LogP) is 5.42. The lowest BCUT2D eigenvalue weighted by Gasteiger charge is -2.16. The number of nitrogens with zero attached hydrogens (tertiary/aromatic N) is 3. The summed E-state index contributed by atoms with van der Waals surface area (Å²) >= 11 is 0. The smallest absolute Gasteiger partial charge is 0.416 e. The maximum absolute atomic E-state index is 14.0. The van der Waals surface area contributed by atoms with Crippen LogP contribution in [0.25, 0.3) is 27.7 Å². The second-order valence-corrected chi connectivity index (χ2v) is 10.2. The van der Waals surface area contributed by atoms with Gasteiger partial charge < -0.3 is 4.74 Å². The SMILES string of the molecule is COc1cc(-c2cc(F)cc(C(F)(F)F)c2)ccc1-n1c(=O)ccc2cc(S(=O)(=O)Nc3ncccn3)ccc21. The van der Waals surface area contributed by atoms with Crippen LogP contribution in [0, 0.1) is 5.82 Å². The summed E-state index contributed by atoms with van der Waals surface area (Å²) < 4.78 is 88.4. The minimum atomic E-state index is -4.74. The summed E-state index contributed by atoms with van der Waals surface area (Å²) in [6, 6.07) is 14.8. The molecular weight excluding hydrogens is 552 g/mol. The van der Waals surface area contributed by atoms with Gasteiger partial charge in [-0.3, -0.25) is 9.36 Å². The Morgan fingerprint density at radius 3 is 2.35 bits per heavy atom. The monoisotopic (exact) mass is 570 g/mol. The summed E-state index contributed by atoms with van der Waals surface area (Å²) in [4.78, 5) is 20.6. The number of pyridine rings is 1. The zero-order valence-electron chi connectivity index (χ0n) is 20.5. The van der Waals surface area contributed by atoms with Gasteiger partial charge in [0.1, 0.15) is 11.6 Å². The van der Waals surface area contributed by atoms with Crippen molar-refractivity contribution in [2.45, 2.75) is 11.1 Å². The number of rotatable bonds is 6. The molecule has 0 aliphatic rings. The molecule has 40 heavy (non-hydrogen) atoms. The predicted molar refractivity (Wildman–Crippen MR) is 139 cm³/mol. The van der Waals surface area contributed by atoms with E-state index in [0.717, 1.165) is 12.1 Å². The van der Waals surface area contributed by atoms with E-state index in [1.54, 1.807) is 0 Å². The fourth-order valence-corrected chi connectivity index (χ4v) is 5.13. The van der Waals surface area contributed by atoms with Crippen LogP contribution in [0.15, 0.2) is 94.9 Å². The summed E-state index contributed by atoms with van der Waals surface area (Å²) in [6.07, 6.45) is -1.98. The third kappa shape index (κ3) is 5.23. The second kappa shape index (κ2) is 10.1. The van der Waals surface area contributed by atoms with E-state index in [9.17, 15) is 30.8 Å². The Bertz CT molecular complexity index is 1910. The molecule has 1 N–H and O–H groups in total. The normalized spacial score (nSPS) is 11.9. The summed E-state index contributed by atoms with van der Waals surface area (Å²) in [5.41, 5.74) is -0.863. The van der Waals surface area contributed by atoms with Crippen molar-refractivity contribution in [3.05, 3.63) is 107 Å². The van der Waals surface area contributed by atoms with E-state index in [-0.39, 0.29) is 33.4 Å². The molecule has 0 atom stereocenters. The lowest BCUT2D eigenvalue weighted by molar-refractivity contribution is -0.137. The topological polar surface area (TPSA) is 103 Å². The first kappa shape index (κ1) is 26.8. The number of alkyl halides is 3. The molecule has 0 saturated heterocycles. The van der Waals surface area contributed by atoms with Gasteiger partial charge in [0.2, 0.25) is 5.95 Å². The molecule has 204 valence electrons. The van der Waals surface area contributed by atoms with Crippen LogP contribution in [0.3, 0.4) is 0 Å². The first-order valence-electron chi connectivity index (χ1n) is 11.5. The average molecular weight is 571 g/mol. The van der Waals surface area contributed by atoms with Gasteiger partial charge in [-0.15, -0.1) is 0 Å². The molecule has 3 aromatic carbocycles. The van der Waals surface area contributed by atoms with E-state index in [1.165, 1.54) is 78.7 Å². The first-order valence-corrected chi connectivity index (χ1v) is 13.0. The lowest BCUT2D eigenvalue weighted by atomic mass is 10.0. The number of benzene rings is 3. The molecule has 0 saturated carbocycles. The fraction of sp³-hybridized carbons (Fsp3) is 0.0741. The second-order valence-electron chi connectivity index (χ2n) is 8.52. The Morgan fingerprint density at radius 1 is 0.900 bits per heavy atom. The quantitative estimate of drug-likeness (QED) is 0.274. The largest absolute Gasteiger partial charge is 0.495 e. The summed E-state index contributed by atoms with van der Waals surface area (Å²) in [5, 5.41) is 0.391. The van der Waals surface area contributed by atoms with Gasteiger partial charge in [-0.25, -0.2) is 27.5 Å². The molecule has 0 fully saturated rings. The molecule has 0 radical (unpaired) electrons. The van der Waals surface area contributed by atoms with E-state index in [2.05, 4.69) is 14.7 Å². The number of ether oxygens (including phenoxy) is 1. The van der Waals surface area contributed by atoms with E-state index < -0.39 is 33.1 Å². The molecule has 0 bridgehead atoms. The number of methoxy groups -OCH3 is 1. The molecule has 2 heterocycles. The molecule has 13 heteroatoms. The first-order chi connectivity index (χ1) is 19.0. The molecular formula is C27H18F4N4O4S. The number of anilines is 1. The van der Waals surface area contributed by atoms with Crippen LogP contribution in [0.5, 0.6) is 5.75 Å². The summed E-state index contributed by atoms with van der Waals surface area (Å²) in [5.74, 6) is -1.06. The highest BCUT2D eigenvalue weighted by atomic mass is 32.2. The van der Waals surface area contributed by atoms with Gasteiger partial charge in [-0.05, 0) is 71.8 Å². The zero-order valence-corrected chi connectivity index (χ0v) is 21.3. The average Bonchev–Trinajstić information content (AvgIpc) is 2.92. The third-order valence-corrected chi connectivity index (χ3v) is 7.27. The Labute approximate surface area is 224 Å². The van der Waals surface area contributed by atoms with Crippen LogP contribution in [-0.2, 0) is 16.2 Å². The fourth-order valence-electron chi connectivity index (χ4n) is 4.13. The van der Waals surface area contributed by atoms with Crippen LogP contribution in [0.4, 0.5) is 23.5 Å². The summed E-state index contributed by atoms with van der Waals surface area (Å²) in [6.45, 7) is 0. The van der Waals surface area contributed by atoms with Crippen LogP contribution in [0.2, 0.25) is 0 Å². The lowest BCUT2D eigenvalue weighted by Crippen LogP contribution is -2.19. The van der Waals surface area contributed by atoms with E-state index >= 15 is 0 Å². The van der Waals surface area contributed by atoms with E-state index in [0.29, 0.717) is 17.0 Å². The van der Waals surface area contributed by atoms with Crippen molar-refractivity contribution >= 4 is 26.9 Å². The molecule has 5 rings (SSSR count). The maximum atomic E-state index is 14.0.